The van der Waals surface area contributed by atoms with E-state index >= 15 is 0 Å². The maximum atomic E-state index is 2.60. The van der Waals surface area contributed by atoms with E-state index in [9.17, 15) is 0 Å². The summed E-state index contributed by atoms with van der Waals surface area (Å²) in [5.74, 6) is 0.751. The van der Waals surface area contributed by atoms with Crippen LogP contribution in [0.1, 0.15) is 29.5 Å². The van der Waals surface area contributed by atoms with Gasteiger partial charge < -0.3 is 9.80 Å². The number of likely N-dealkylation sites (tertiary alicyclic amines) is 1. The van der Waals surface area contributed by atoms with Crippen molar-refractivity contribution >= 4 is 6.08 Å². The normalized spacial score (nSPS) is 18.0. The minimum atomic E-state index is 0.751. The zero-order chi connectivity index (χ0) is 15.2. The lowest BCUT2D eigenvalue weighted by atomic mass is 9.95. The van der Waals surface area contributed by atoms with Crippen molar-refractivity contribution in [1.82, 2.24) is 9.80 Å². The Morgan fingerprint density at radius 1 is 1.10 bits per heavy atom. The highest BCUT2D eigenvalue weighted by Gasteiger charge is 2.16. The molecule has 116 valence electrons. The van der Waals surface area contributed by atoms with Crippen LogP contribution < -0.4 is 0 Å². The fourth-order valence-corrected chi connectivity index (χ4v) is 3.06. The van der Waals surface area contributed by atoms with E-state index in [0.29, 0.717) is 0 Å². The molecule has 2 rings (SSSR count). The molecule has 1 aliphatic heterocycles. The van der Waals surface area contributed by atoms with E-state index in [-0.39, 0.29) is 0 Å². The Labute approximate surface area is 130 Å². The second-order valence-corrected chi connectivity index (χ2v) is 6.76. The average molecular weight is 286 g/mol. The first-order chi connectivity index (χ1) is 10.0. The van der Waals surface area contributed by atoms with Crippen LogP contribution in [0.4, 0.5) is 0 Å². The van der Waals surface area contributed by atoms with E-state index in [1.54, 1.807) is 0 Å². The van der Waals surface area contributed by atoms with Crippen LogP contribution in [0.15, 0.2) is 24.3 Å². The standard InChI is InChI=1S/C19H30N2/c1-16-13-17(2)15-19(14-16)6-5-18-7-9-21(10-8-18)12-11-20(3)4/h5-6,13-15,18H,7-12H2,1-4H3/b6-5+. The van der Waals surface area contributed by atoms with Crippen molar-refractivity contribution in [1.29, 1.82) is 0 Å². The molecule has 2 nitrogen and oxygen atoms in total. The van der Waals surface area contributed by atoms with Crippen LogP contribution in [0.5, 0.6) is 0 Å². The van der Waals surface area contributed by atoms with Crippen LogP contribution in [-0.2, 0) is 0 Å². The van der Waals surface area contributed by atoms with Gasteiger partial charge in [-0.05, 0) is 65.4 Å². The van der Waals surface area contributed by atoms with E-state index in [1.165, 1.54) is 55.7 Å². The van der Waals surface area contributed by atoms with Crippen LogP contribution in [0.25, 0.3) is 6.08 Å². The molecule has 21 heavy (non-hydrogen) atoms. The number of hydrogen-bond donors (Lipinski definition) is 0. The minimum Gasteiger partial charge on any atom is -0.308 e. The third-order valence-corrected chi connectivity index (χ3v) is 4.30. The number of nitrogens with zero attached hydrogens (tertiary/aromatic N) is 2. The van der Waals surface area contributed by atoms with Crippen LogP contribution in [0, 0.1) is 19.8 Å². The maximum absolute atomic E-state index is 2.60. The van der Waals surface area contributed by atoms with Gasteiger partial charge in [0.15, 0.2) is 0 Å². The van der Waals surface area contributed by atoms with Crippen LogP contribution in [-0.4, -0.2) is 50.1 Å². The first-order valence-corrected chi connectivity index (χ1v) is 8.16. The van der Waals surface area contributed by atoms with Gasteiger partial charge in [0.25, 0.3) is 0 Å². The lowest BCUT2D eigenvalue weighted by Crippen LogP contribution is -2.37. The molecule has 1 aliphatic rings. The van der Waals surface area contributed by atoms with Crippen molar-refractivity contribution in [2.24, 2.45) is 5.92 Å². The van der Waals surface area contributed by atoms with Crippen molar-refractivity contribution in [2.75, 3.05) is 40.3 Å². The lowest BCUT2D eigenvalue weighted by Gasteiger charge is -2.31. The van der Waals surface area contributed by atoms with Gasteiger partial charge >= 0.3 is 0 Å². The lowest BCUT2D eigenvalue weighted by molar-refractivity contribution is 0.186. The van der Waals surface area contributed by atoms with Crippen molar-refractivity contribution in [3.8, 4) is 0 Å². The zero-order valence-electron chi connectivity index (χ0n) is 14.1. The maximum Gasteiger partial charge on any atom is 0.0109 e. The van der Waals surface area contributed by atoms with Gasteiger partial charge in [-0.2, -0.15) is 0 Å². The van der Waals surface area contributed by atoms with E-state index in [1.807, 2.05) is 0 Å². The van der Waals surface area contributed by atoms with Crippen LogP contribution in [0.3, 0.4) is 0 Å². The summed E-state index contributed by atoms with van der Waals surface area (Å²) >= 11 is 0. The summed E-state index contributed by atoms with van der Waals surface area (Å²) in [5, 5.41) is 0. The molecule has 0 unspecified atom stereocenters. The largest absolute Gasteiger partial charge is 0.308 e. The molecule has 0 aliphatic carbocycles. The monoisotopic (exact) mass is 286 g/mol. The quantitative estimate of drug-likeness (QED) is 0.816. The van der Waals surface area contributed by atoms with Crippen molar-refractivity contribution in [2.45, 2.75) is 26.7 Å². The van der Waals surface area contributed by atoms with E-state index in [4.69, 9.17) is 0 Å². The van der Waals surface area contributed by atoms with Gasteiger partial charge in [-0.15, -0.1) is 0 Å². The number of likely N-dealkylation sites (N-methyl/N-ethyl adjacent to an activating group) is 1. The molecule has 1 fully saturated rings. The predicted octanol–water partition coefficient (Wildman–Crippen LogP) is 3.59. The zero-order valence-corrected chi connectivity index (χ0v) is 14.1. The van der Waals surface area contributed by atoms with Gasteiger partial charge in [0.1, 0.15) is 0 Å². The number of aryl methyl sites for hydroxylation is 2. The Morgan fingerprint density at radius 2 is 1.71 bits per heavy atom. The predicted molar refractivity (Wildman–Crippen MR) is 92.7 cm³/mol. The first kappa shape index (κ1) is 16.3. The number of piperidine rings is 1. The smallest absolute Gasteiger partial charge is 0.0109 e. The fourth-order valence-electron chi connectivity index (χ4n) is 3.06. The molecule has 0 saturated carbocycles. The Morgan fingerprint density at radius 3 is 2.29 bits per heavy atom. The SMILES string of the molecule is Cc1cc(C)cc(/C=C/C2CCN(CCN(C)C)CC2)c1. The molecular formula is C19H30N2. The van der Waals surface area contributed by atoms with E-state index in [0.717, 1.165) is 5.92 Å². The topological polar surface area (TPSA) is 6.48 Å². The highest BCUT2D eigenvalue weighted by molar-refractivity contribution is 5.52. The summed E-state index contributed by atoms with van der Waals surface area (Å²) in [6, 6.07) is 6.78. The van der Waals surface area contributed by atoms with Gasteiger partial charge in [-0.3, -0.25) is 0 Å². The Balaban J connectivity index is 1.81. The summed E-state index contributed by atoms with van der Waals surface area (Å²) in [5.41, 5.74) is 4.06. The molecule has 1 saturated heterocycles. The number of hydrogen-bond acceptors (Lipinski definition) is 2. The van der Waals surface area contributed by atoms with Gasteiger partial charge in [0.2, 0.25) is 0 Å². The molecule has 0 atom stereocenters. The van der Waals surface area contributed by atoms with E-state index < -0.39 is 0 Å². The summed E-state index contributed by atoms with van der Waals surface area (Å²) in [6.45, 7) is 9.22. The molecule has 1 heterocycles. The Hall–Kier alpha value is -1.12. The Bertz CT molecular complexity index is 448. The second-order valence-electron chi connectivity index (χ2n) is 6.76. The molecule has 1 aromatic carbocycles. The second kappa shape index (κ2) is 7.77. The summed E-state index contributed by atoms with van der Waals surface area (Å²) in [6.07, 6.45) is 7.35. The first-order valence-electron chi connectivity index (χ1n) is 8.16. The highest BCUT2D eigenvalue weighted by atomic mass is 15.2. The van der Waals surface area contributed by atoms with Crippen molar-refractivity contribution in [3.63, 3.8) is 0 Å². The average Bonchev–Trinajstić information content (AvgIpc) is 2.43. The molecule has 0 N–H and O–H groups in total. The highest BCUT2D eigenvalue weighted by Crippen LogP contribution is 2.20. The van der Waals surface area contributed by atoms with Gasteiger partial charge in [0, 0.05) is 13.1 Å². The Kier molecular flexibility index (Phi) is 6.01. The van der Waals surface area contributed by atoms with Gasteiger partial charge in [0.05, 0.1) is 0 Å². The molecule has 0 bridgehead atoms. The van der Waals surface area contributed by atoms with Gasteiger partial charge in [-0.1, -0.05) is 41.5 Å². The summed E-state index contributed by atoms with van der Waals surface area (Å²) < 4.78 is 0. The van der Waals surface area contributed by atoms with Crippen molar-refractivity contribution < 1.29 is 0 Å². The third kappa shape index (κ3) is 5.64. The molecule has 0 amide bonds. The van der Waals surface area contributed by atoms with E-state index in [2.05, 4.69) is 68.1 Å². The van der Waals surface area contributed by atoms with Crippen LogP contribution >= 0.6 is 0 Å². The summed E-state index contributed by atoms with van der Waals surface area (Å²) in [4.78, 5) is 4.87. The molecule has 0 spiro atoms. The number of rotatable bonds is 5. The molecule has 1 aromatic rings. The molecule has 0 radical (unpaired) electrons. The fraction of sp³-hybridized carbons (Fsp3) is 0.579. The van der Waals surface area contributed by atoms with Crippen molar-refractivity contribution in [3.05, 3.63) is 41.0 Å². The number of benzene rings is 1. The van der Waals surface area contributed by atoms with Gasteiger partial charge in [-0.25, -0.2) is 0 Å². The summed E-state index contributed by atoms with van der Waals surface area (Å²) in [7, 11) is 4.30. The van der Waals surface area contributed by atoms with Crippen LogP contribution in [0.2, 0.25) is 0 Å². The molecular weight excluding hydrogens is 256 g/mol. The molecule has 0 aromatic heterocycles. The third-order valence-electron chi connectivity index (χ3n) is 4.30. The number of allylic oxidation sites excluding steroid dienone is 1. The minimum absolute atomic E-state index is 0.751. The molecule has 2 heteroatoms.